The highest BCUT2D eigenvalue weighted by molar-refractivity contribution is 5.69. The molecule has 1 aromatic carbocycles. The lowest BCUT2D eigenvalue weighted by atomic mass is 10.3. The van der Waals surface area contributed by atoms with Crippen LogP contribution in [0, 0.1) is 0 Å². The van der Waals surface area contributed by atoms with Crippen molar-refractivity contribution >= 4 is 5.97 Å². The Hall–Kier alpha value is -1.55. The molecule has 0 saturated heterocycles. The van der Waals surface area contributed by atoms with Crippen molar-refractivity contribution in [2.45, 2.75) is 12.8 Å². The second-order valence-corrected chi connectivity index (χ2v) is 3.59. The minimum absolute atomic E-state index is 0.160. The molecule has 0 aliphatic heterocycles. The smallest absolute Gasteiger partial charge is 0.305 e. The summed E-state index contributed by atoms with van der Waals surface area (Å²) in [6.07, 6.45) is 1.25. The molecule has 0 heterocycles. The predicted octanol–water partition coefficient (Wildman–Crippen LogP) is 1.61. The molecule has 0 atom stereocenters. The van der Waals surface area contributed by atoms with Crippen LogP contribution >= 0.6 is 0 Å². The first-order valence-electron chi connectivity index (χ1n) is 5.78. The van der Waals surface area contributed by atoms with Crippen LogP contribution in [0.5, 0.6) is 5.75 Å². The van der Waals surface area contributed by atoms with E-state index in [1.165, 1.54) is 7.11 Å². The van der Waals surface area contributed by atoms with E-state index < -0.39 is 0 Å². The topological polar surface area (TPSA) is 47.6 Å². The Balaban J connectivity index is 1.93. The Morgan fingerprint density at radius 3 is 2.71 bits per heavy atom. The van der Waals surface area contributed by atoms with Crippen LogP contribution in [-0.4, -0.2) is 32.8 Å². The van der Waals surface area contributed by atoms with Gasteiger partial charge in [0.05, 0.1) is 7.11 Å². The van der Waals surface area contributed by atoms with Crippen LogP contribution < -0.4 is 10.1 Å². The highest BCUT2D eigenvalue weighted by Gasteiger charge is 1.98. The van der Waals surface area contributed by atoms with Gasteiger partial charge in [-0.15, -0.1) is 0 Å². The molecule has 4 nitrogen and oxygen atoms in total. The lowest BCUT2D eigenvalue weighted by Gasteiger charge is -2.06. The maximum absolute atomic E-state index is 10.8. The number of esters is 1. The van der Waals surface area contributed by atoms with Crippen LogP contribution in [-0.2, 0) is 9.53 Å². The number of methoxy groups -OCH3 is 1. The average Bonchev–Trinajstić information content (AvgIpc) is 2.38. The van der Waals surface area contributed by atoms with Crippen LogP contribution in [0.25, 0.3) is 0 Å². The fourth-order valence-corrected chi connectivity index (χ4v) is 1.34. The zero-order valence-electron chi connectivity index (χ0n) is 10.1. The van der Waals surface area contributed by atoms with Gasteiger partial charge in [0.1, 0.15) is 12.4 Å². The van der Waals surface area contributed by atoms with E-state index in [4.69, 9.17) is 4.74 Å². The summed E-state index contributed by atoms with van der Waals surface area (Å²) in [5.41, 5.74) is 0. The normalized spacial score (nSPS) is 9.94. The molecule has 0 radical (unpaired) electrons. The minimum Gasteiger partial charge on any atom is -0.492 e. The van der Waals surface area contributed by atoms with Crippen LogP contribution in [0.4, 0.5) is 0 Å². The van der Waals surface area contributed by atoms with Crippen molar-refractivity contribution in [3.63, 3.8) is 0 Å². The molecule has 0 aromatic heterocycles. The van der Waals surface area contributed by atoms with Gasteiger partial charge in [0.25, 0.3) is 0 Å². The standard InChI is InChI=1S/C13H19NO3/c1-16-13(15)8-5-9-14-10-11-17-12-6-3-2-4-7-12/h2-4,6-7,14H,5,8-11H2,1H3. The van der Waals surface area contributed by atoms with Gasteiger partial charge in [-0.05, 0) is 25.1 Å². The zero-order chi connectivity index (χ0) is 12.3. The summed E-state index contributed by atoms with van der Waals surface area (Å²) in [7, 11) is 1.41. The van der Waals surface area contributed by atoms with Crippen molar-refractivity contribution in [3.05, 3.63) is 30.3 Å². The van der Waals surface area contributed by atoms with Crippen molar-refractivity contribution < 1.29 is 14.3 Å². The summed E-state index contributed by atoms with van der Waals surface area (Å²) < 4.78 is 10.0. The van der Waals surface area contributed by atoms with Gasteiger partial charge in [0.15, 0.2) is 0 Å². The van der Waals surface area contributed by atoms with E-state index in [-0.39, 0.29) is 5.97 Å². The molecular weight excluding hydrogens is 218 g/mol. The van der Waals surface area contributed by atoms with Gasteiger partial charge in [-0.1, -0.05) is 18.2 Å². The van der Waals surface area contributed by atoms with Gasteiger partial charge in [-0.2, -0.15) is 0 Å². The molecule has 0 aliphatic carbocycles. The summed E-state index contributed by atoms with van der Waals surface area (Å²) in [6, 6.07) is 9.70. The van der Waals surface area contributed by atoms with Crippen molar-refractivity contribution in [2.75, 3.05) is 26.8 Å². The van der Waals surface area contributed by atoms with Crippen LogP contribution in [0.15, 0.2) is 30.3 Å². The molecule has 1 N–H and O–H groups in total. The van der Waals surface area contributed by atoms with Crippen molar-refractivity contribution in [2.24, 2.45) is 0 Å². The maximum atomic E-state index is 10.8. The monoisotopic (exact) mass is 237 g/mol. The third-order valence-corrected chi connectivity index (χ3v) is 2.25. The molecule has 17 heavy (non-hydrogen) atoms. The molecular formula is C13H19NO3. The fraction of sp³-hybridized carbons (Fsp3) is 0.462. The number of para-hydroxylation sites is 1. The molecule has 0 saturated carbocycles. The molecule has 1 aromatic rings. The zero-order valence-corrected chi connectivity index (χ0v) is 10.1. The molecule has 0 bridgehead atoms. The molecule has 0 spiro atoms. The first-order chi connectivity index (χ1) is 8.33. The molecule has 0 amide bonds. The number of rotatable bonds is 8. The van der Waals surface area contributed by atoms with Gasteiger partial charge in [-0.25, -0.2) is 0 Å². The highest BCUT2D eigenvalue weighted by Crippen LogP contribution is 2.07. The summed E-state index contributed by atoms with van der Waals surface area (Å²) in [5, 5.41) is 3.20. The first-order valence-corrected chi connectivity index (χ1v) is 5.78. The molecule has 0 fully saturated rings. The van der Waals surface area contributed by atoms with Crippen LogP contribution in [0.3, 0.4) is 0 Å². The SMILES string of the molecule is COC(=O)CCCNCCOc1ccccc1. The van der Waals surface area contributed by atoms with Gasteiger partial charge in [0, 0.05) is 13.0 Å². The Bertz CT molecular complexity index is 314. The summed E-state index contributed by atoms with van der Waals surface area (Å²) in [6.45, 7) is 2.20. The van der Waals surface area contributed by atoms with Crippen LogP contribution in [0.1, 0.15) is 12.8 Å². The van der Waals surface area contributed by atoms with Crippen molar-refractivity contribution in [3.8, 4) is 5.75 Å². The van der Waals surface area contributed by atoms with Gasteiger partial charge < -0.3 is 14.8 Å². The van der Waals surface area contributed by atoms with Crippen molar-refractivity contribution in [1.82, 2.24) is 5.32 Å². The van der Waals surface area contributed by atoms with E-state index in [0.717, 1.165) is 25.3 Å². The van der Waals surface area contributed by atoms with Crippen molar-refractivity contribution in [1.29, 1.82) is 0 Å². The third kappa shape index (κ3) is 6.58. The second kappa shape index (κ2) is 8.58. The average molecular weight is 237 g/mol. The fourth-order valence-electron chi connectivity index (χ4n) is 1.34. The Kier molecular flexibility index (Phi) is 6.82. The Labute approximate surface area is 102 Å². The highest BCUT2D eigenvalue weighted by atomic mass is 16.5. The third-order valence-electron chi connectivity index (χ3n) is 2.25. The largest absolute Gasteiger partial charge is 0.492 e. The maximum Gasteiger partial charge on any atom is 0.305 e. The van der Waals surface area contributed by atoms with E-state index in [0.29, 0.717) is 13.0 Å². The van der Waals surface area contributed by atoms with E-state index in [1.54, 1.807) is 0 Å². The predicted molar refractivity (Wildman–Crippen MR) is 66.1 cm³/mol. The number of nitrogens with one attached hydrogen (secondary N) is 1. The summed E-state index contributed by atoms with van der Waals surface area (Å²) in [5.74, 6) is 0.719. The lowest BCUT2D eigenvalue weighted by Crippen LogP contribution is -2.22. The quantitative estimate of drug-likeness (QED) is 0.551. The van der Waals surface area contributed by atoms with E-state index in [9.17, 15) is 4.79 Å². The van der Waals surface area contributed by atoms with E-state index in [2.05, 4.69) is 10.1 Å². The second-order valence-electron chi connectivity index (χ2n) is 3.59. The Morgan fingerprint density at radius 1 is 1.24 bits per heavy atom. The van der Waals surface area contributed by atoms with E-state index in [1.807, 2.05) is 30.3 Å². The van der Waals surface area contributed by atoms with Gasteiger partial charge in [-0.3, -0.25) is 4.79 Å². The molecule has 0 aliphatic rings. The molecule has 94 valence electrons. The number of carbonyl (C=O) groups is 1. The van der Waals surface area contributed by atoms with Crippen LogP contribution in [0.2, 0.25) is 0 Å². The summed E-state index contributed by atoms with van der Waals surface area (Å²) in [4.78, 5) is 10.8. The number of ether oxygens (including phenoxy) is 2. The van der Waals surface area contributed by atoms with Gasteiger partial charge >= 0.3 is 5.97 Å². The number of hydrogen-bond donors (Lipinski definition) is 1. The van der Waals surface area contributed by atoms with E-state index >= 15 is 0 Å². The molecule has 4 heteroatoms. The first kappa shape index (κ1) is 13.5. The molecule has 0 unspecified atom stereocenters. The Morgan fingerprint density at radius 2 is 2.00 bits per heavy atom. The molecule has 1 rings (SSSR count). The number of carbonyl (C=O) groups excluding carboxylic acids is 1. The minimum atomic E-state index is -0.160. The summed E-state index contributed by atoms with van der Waals surface area (Å²) >= 11 is 0. The number of hydrogen-bond acceptors (Lipinski definition) is 4. The lowest BCUT2D eigenvalue weighted by molar-refractivity contribution is -0.140. The number of benzene rings is 1. The van der Waals surface area contributed by atoms with Gasteiger partial charge in [0.2, 0.25) is 0 Å².